The van der Waals surface area contributed by atoms with E-state index in [1.165, 1.54) is 5.56 Å². The van der Waals surface area contributed by atoms with Crippen molar-refractivity contribution >= 4 is 23.2 Å². The third-order valence-electron chi connectivity index (χ3n) is 5.18. The topological polar surface area (TPSA) is 40.6 Å². The maximum atomic E-state index is 13.0. The number of hydrogen-bond donors (Lipinski definition) is 0. The highest BCUT2D eigenvalue weighted by Gasteiger charge is 2.23. The van der Waals surface area contributed by atoms with Crippen LogP contribution in [0, 0.1) is 0 Å². The summed E-state index contributed by atoms with van der Waals surface area (Å²) in [6, 6.07) is 24.5. The van der Waals surface area contributed by atoms with E-state index in [9.17, 15) is 9.59 Å². The van der Waals surface area contributed by atoms with Crippen LogP contribution in [0.4, 0.5) is 11.4 Å². The van der Waals surface area contributed by atoms with Crippen molar-refractivity contribution in [1.82, 2.24) is 0 Å². The predicted octanol–water partition coefficient (Wildman–Crippen LogP) is 4.56. The second kappa shape index (κ2) is 7.69. The molecule has 4 heteroatoms. The molecule has 0 saturated carbocycles. The fraction of sp³-hybridized carbons (Fsp3) is 0.167. The second-order valence-electron chi connectivity index (χ2n) is 6.97. The summed E-state index contributed by atoms with van der Waals surface area (Å²) in [5.74, 6) is -0.129. The van der Waals surface area contributed by atoms with Gasteiger partial charge in [-0.3, -0.25) is 9.59 Å². The summed E-state index contributed by atoms with van der Waals surface area (Å²) in [4.78, 5) is 29.2. The molecule has 0 N–H and O–H groups in total. The van der Waals surface area contributed by atoms with E-state index in [4.69, 9.17) is 0 Å². The molecule has 1 aliphatic heterocycles. The normalized spacial score (nSPS) is 13.0. The van der Waals surface area contributed by atoms with Gasteiger partial charge in [0.2, 0.25) is 0 Å². The number of anilines is 2. The highest BCUT2D eigenvalue weighted by Crippen LogP contribution is 2.28. The van der Waals surface area contributed by atoms with Gasteiger partial charge in [-0.05, 0) is 60.9 Å². The van der Waals surface area contributed by atoms with Crippen molar-refractivity contribution in [2.75, 3.05) is 23.4 Å². The maximum Gasteiger partial charge on any atom is 0.258 e. The number of nitrogens with zero attached hydrogens (tertiary/aromatic N) is 2. The van der Waals surface area contributed by atoms with Gasteiger partial charge in [0.25, 0.3) is 11.8 Å². The largest absolute Gasteiger partial charge is 0.311 e. The lowest BCUT2D eigenvalue weighted by atomic mass is 10.0. The van der Waals surface area contributed by atoms with Crippen LogP contribution < -0.4 is 9.80 Å². The first-order valence-corrected chi connectivity index (χ1v) is 9.48. The Hall–Kier alpha value is -3.40. The van der Waals surface area contributed by atoms with Gasteiger partial charge in [0, 0.05) is 36.1 Å². The summed E-state index contributed by atoms with van der Waals surface area (Å²) < 4.78 is 0. The number of carbonyl (C=O) groups is 2. The molecular weight excluding hydrogens is 348 g/mol. The third-order valence-corrected chi connectivity index (χ3v) is 5.18. The molecular formula is C24H22N2O2. The lowest BCUT2D eigenvalue weighted by Gasteiger charge is -2.29. The molecule has 2 amide bonds. The quantitative estimate of drug-likeness (QED) is 0.678. The number of hydrogen-bond acceptors (Lipinski definition) is 2. The van der Waals surface area contributed by atoms with E-state index in [0.717, 1.165) is 24.2 Å². The fourth-order valence-electron chi connectivity index (χ4n) is 3.62. The molecule has 4 rings (SSSR count). The van der Waals surface area contributed by atoms with Crippen LogP contribution in [0.2, 0.25) is 0 Å². The molecule has 0 atom stereocenters. The van der Waals surface area contributed by atoms with Crippen molar-refractivity contribution in [2.24, 2.45) is 0 Å². The van der Waals surface area contributed by atoms with Crippen LogP contribution in [-0.4, -0.2) is 25.4 Å². The Labute approximate surface area is 165 Å². The highest BCUT2D eigenvalue weighted by molar-refractivity contribution is 6.09. The number of aryl methyl sites for hydroxylation is 1. The molecule has 0 spiro atoms. The van der Waals surface area contributed by atoms with Crippen LogP contribution in [0.25, 0.3) is 0 Å². The Morgan fingerprint density at radius 1 is 0.821 bits per heavy atom. The Kier molecular flexibility index (Phi) is 4.94. The van der Waals surface area contributed by atoms with E-state index in [1.54, 1.807) is 36.2 Å². The minimum Gasteiger partial charge on any atom is -0.311 e. The molecule has 140 valence electrons. The minimum atomic E-state index is -0.103. The molecule has 0 aliphatic carbocycles. The molecule has 0 unspecified atom stereocenters. The Balaban J connectivity index is 1.54. The molecule has 1 aliphatic rings. The molecule has 0 aromatic heterocycles. The SMILES string of the molecule is CN(C(=O)c1ccc(C(=O)N2CCCc3ccccc32)cc1)c1ccccc1. The predicted molar refractivity (Wildman–Crippen MR) is 112 cm³/mol. The minimum absolute atomic E-state index is 0.0254. The van der Waals surface area contributed by atoms with Gasteiger partial charge in [0.05, 0.1) is 0 Å². The first-order valence-electron chi connectivity index (χ1n) is 9.48. The van der Waals surface area contributed by atoms with E-state index in [-0.39, 0.29) is 11.8 Å². The highest BCUT2D eigenvalue weighted by atomic mass is 16.2. The number of para-hydroxylation sites is 2. The number of carbonyl (C=O) groups excluding carboxylic acids is 2. The van der Waals surface area contributed by atoms with Crippen molar-refractivity contribution in [1.29, 1.82) is 0 Å². The molecule has 28 heavy (non-hydrogen) atoms. The average Bonchev–Trinajstić information content (AvgIpc) is 2.78. The third kappa shape index (κ3) is 3.41. The van der Waals surface area contributed by atoms with Crippen molar-refractivity contribution < 1.29 is 9.59 Å². The van der Waals surface area contributed by atoms with E-state index in [2.05, 4.69) is 6.07 Å². The van der Waals surface area contributed by atoms with Crippen molar-refractivity contribution in [3.05, 3.63) is 95.6 Å². The molecule has 4 nitrogen and oxygen atoms in total. The number of benzene rings is 3. The zero-order chi connectivity index (χ0) is 19.5. The zero-order valence-corrected chi connectivity index (χ0v) is 15.8. The van der Waals surface area contributed by atoms with Crippen molar-refractivity contribution in [3.63, 3.8) is 0 Å². The molecule has 0 saturated heterocycles. The van der Waals surface area contributed by atoms with Gasteiger partial charge < -0.3 is 9.80 Å². The van der Waals surface area contributed by atoms with Gasteiger partial charge in [-0.25, -0.2) is 0 Å². The number of amides is 2. The fourth-order valence-corrected chi connectivity index (χ4v) is 3.62. The zero-order valence-electron chi connectivity index (χ0n) is 15.8. The van der Waals surface area contributed by atoms with E-state index in [0.29, 0.717) is 17.7 Å². The van der Waals surface area contributed by atoms with E-state index in [1.807, 2.05) is 53.4 Å². The van der Waals surface area contributed by atoms with Crippen LogP contribution in [0.5, 0.6) is 0 Å². The lowest BCUT2D eigenvalue weighted by Crippen LogP contribution is -2.35. The summed E-state index contributed by atoms with van der Waals surface area (Å²) in [6.07, 6.45) is 1.96. The number of fused-ring (bicyclic) bond motifs is 1. The molecule has 3 aromatic rings. The van der Waals surface area contributed by atoms with Crippen molar-refractivity contribution in [3.8, 4) is 0 Å². The Morgan fingerprint density at radius 2 is 1.46 bits per heavy atom. The van der Waals surface area contributed by atoms with Crippen molar-refractivity contribution in [2.45, 2.75) is 12.8 Å². The molecule has 0 bridgehead atoms. The molecule has 0 fully saturated rings. The molecule has 3 aromatic carbocycles. The smallest absolute Gasteiger partial charge is 0.258 e. The van der Waals surface area contributed by atoms with E-state index >= 15 is 0 Å². The van der Waals surface area contributed by atoms with Crippen LogP contribution in [0.3, 0.4) is 0 Å². The Bertz CT molecular complexity index is 997. The first-order chi connectivity index (χ1) is 13.6. The van der Waals surface area contributed by atoms with Crippen LogP contribution in [0.1, 0.15) is 32.7 Å². The van der Waals surface area contributed by atoms with Gasteiger partial charge in [-0.1, -0.05) is 36.4 Å². The lowest BCUT2D eigenvalue weighted by molar-refractivity contribution is 0.0977. The molecule has 0 radical (unpaired) electrons. The average molecular weight is 370 g/mol. The number of rotatable bonds is 3. The van der Waals surface area contributed by atoms with E-state index < -0.39 is 0 Å². The summed E-state index contributed by atoms with van der Waals surface area (Å²) in [5.41, 5.74) is 4.18. The van der Waals surface area contributed by atoms with Gasteiger partial charge in [0.1, 0.15) is 0 Å². The second-order valence-corrected chi connectivity index (χ2v) is 6.97. The summed E-state index contributed by atoms with van der Waals surface area (Å²) in [7, 11) is 1.75. The monoisotopic (exact) mass is 370 g/mol. The van der Waals surface area contributed by atoms with Crippen LogP contribution in [-0.2, 0) is 6.42 Å². The van der Waals surface area contributed by atoms with Gasteiger partial charge >= 0.3 is 0 Å². The van der Waals surface area contributed by atoms with Crippen LogP contribution in [0.15, 0.2) is 78.9 Å². The Morgan fingerprint density at radius 3 is 2.21 bits per heavy atom. The maximum absolute atomic E-state index is 13.0. The van der Waals surface area contributed by atoms with Gasteiger partial charge in [-0.15, -0.1) is 0 Å². The van der Waals surface area contributed by atoms with Gasteiger partial charge in [0.15, 0.2) is 0 Å². The molecule has 1 heterocycles. The summed E-state index contributed by atoms with van der Waals surface area (Å²) in [5, 5.41) is 0. The van der Waals surface area contributed by atoms with Gasteiger partial charge in [-0.2, -0.15) is 0 Å². The standard InChI is InChI=1S/C24H22N2O2/c1-25(21-10-3-2-4-11-21)23(27)19-13-15-20(16-14-19)24(28)26-17-7-9-18-8-5-6-12-22(18)26/h2-6,8,10-16H,7,9,17H2,1H3. The van der Waals surface area contributed by atoms with Crippen LogP contribution >= 0.6 is 0 Å². The first kappa shape index (κ1) is 18.0. The summed E-state index contributed by atoms with van der Waals surface area (Å²) in [6.45, 7) is 0.716. The summed E-state index contributed by atoms with van der Waals surface area (Å²) >= 11 is 0.